The van der Waals surface area contributed by atoms with Gasteiger partial charge in [0.25, 0.3) is 0 Å². The lowest BCUT2D eigenvalue weighted by molar-refractivity contribution is 0.297. The Morgan fingerprint density at radius 2 is 1.77 bits per heavy atom. The number of benzene rings is 3. The summed E-state index contributed by atoms with van der Waals surface area (Å²) in [5.74, 6) is 0.374. The first-order valence-corrected chi connectivity index (χ1v) is 8.65. The van der Waals surface area contributed by atoms with Gasteiger partial charge in [0.1, 0.15) is 23.9 Å². The zero-order valence-corrected chi connectivity index (χ0v) is 15.2. The van der Waals surface area contributed by atoms with Gasteiger partial charge in [-0.05, 0) is 54.6 Å². The van der Waals surface area contributed by atoms with Crippen LogP contribution in [0.1, 0.15) is 11.1 Å². The molecule has 0 spiro atoms. The average Bonchev–Trinajstić information content (AvgIpc) is 2.62. The quantitative estimate of drug-likeness (QED) is 0.504. The van der Waals surface area contributed by atoms with Crippen molar-refractivity contribution in [3.63, 3.8) is 0 Å². The molecule has 3 nitrogen and oxygen atoms in total. The molecule has 0 aliphatic carbocycles. The summed E-state index contributed by atoms with van der Waals surface area (Å²) in [6.45, 7) is 0.463. The van der Waals surface area contributed by atoms with Crippen LogP contribution in [-0.2, 0) is 13.2 Å². The van der Waals surface area contributed by atoms with E-state index in [9.17, 15) is 9.50 Å². The normalized spacial score (nSPS) is 10.6. The molecule has 0 saturated carbocycles. The van der Waals surface area contributed by atoms with E-state index >= 15 is 0 Å². The first-order valence-electron chi connectivity index (χ1n) is 7.90. The van der Waals surface area contributed by atoms with E-state index in [1.54, 1.807) is 54.6 Å². The largest absolute Gasteiger partial charge is 0.508 e. The number of halogens is 3. The summed E-state index contributed by atoms with van der Waals surface area (Å²) in [6.07, 6.45) is 0. The number of phenolic OH excluding ortho intramolecular Hbond substituents is 1. The highest BCUT2D eigenvalue weighted by Gasteiger charge is 2.10. The molecule has 3 rings (SSSR count). The SMILES string of the molecule is Oc1ccc(NCc2cc(Cl)ccc2OCc2c(F)cccc2Cl)cc1. The molecular formula is C20H16Cl2FNO2. The molecule has 0 aliphatic heterocycles. The zero-order chi connectivity index (χ0) is 18.5. The highest BCUT2D eigenvalue weighted by Crippen LogP contribution is 2.27. The van der Waals surface area contributed by atoms with Crippen LogP contribution < -0.4 is 10.1 Å². The fourth-order valence-electron chi connectivity index (χ4n) is 2.42. The van der Waals surface area contributed by atoms with Gasteiger partial charge in [-0.3, -0.25) is 0 Å². The maximum Gasteiger partial charge on any atom is 0.131 e. The number of hydrogen-bond acceptors (Lipinski definition) is 3. The van der Waals surface area contributed by atoms with Gasteiger partial charge >= 0.3 is 0 Å². The van der Waals surface area contributed by atoms with E-state index in [2.05, 4.69) is 5.32 Å². The van der Waals surface area contributed by atoms with Gasteiger partial charge in [0.05, 0.1) is 5.02 Å². The van der Waals surface area contributed by atoms with Crippen molar-refractivity contribution in [2.75, 3.05) is 5.32 Å². The minimum absolute atomic E-state index is 0.0132. The molecule has 0 fully saturated rings. The fourth-order valence-corrected chi connectivity index (χ4v) is 2.84. The van der Waals surface area contributed by atoms with Gasteiger partial charge in [-0.15, -0.1) is 0 Å². The number of rotatable bonds is 6. The van der Waals surface area contributed by atoms with E-state index in [1.807, 2.05) is 0 Å². The summed E-state index contributed by atoms with van der Waals surface area (Å²) < 4.78 is 19.7. The van der Waals surface area contributed by atoms with Crippen molar-refractivity contribution in [1.29, 1.82) is 0 Å². The summed E-state index contributed by atoms with van der Waals surface area (Å²) in [5.41, 5.74) is 1.96. The minimum Gasteiger partial charge on any atom is -0.508 e. The second-order valence-electron chi connectivity index (χ2n) is 5.64. The van der Waals surface area contributed by atoms with Gasteiger partial charge in [-0.25, -0.2) is 4.39 Å². The third-order valence-corrected chi connectivity index (χ3v) is 4.40. The number of ether oxygens (including phenoxy) is 1. The monoisotopic (exact) mass is 391 g/mol. The van der Waals surface area contributed by atoms with E-state index in [-0.39, 0.29) is 12.4 Å². The second kappa shape index (κ2) is 8.30. The van der Waals surface area contributed by atoms with E-state index < -0.39 is 5.82 Å². The lowest BCUT2D eigenvalue weighted by Gasteiger charge is -2.14. The number of hydrogen-bond donors (Lipinski definition) is 2. The number of aromatic hydroxyl groups is 1. The summed E-state index contributed by atoms with van der Waals surface area (Å²) in [7, 11) is 0. The second-order valence-corrected chi connectivity index (χ2v) is 6.48. The Morgan fingerprint density at radius 3 is 2.50 bits per heavy atom. The molecule has 0 saturated heterocycles. The van der Waals surface area contributed by atoms with Gasteiger partial charge in [0.2, 0.25) is 0 Å². The van der Waals surface area contributed by atoms with Crippen LogP contribution >= 0.6 is 23.2 Å². The topological polar surface area (TPSA) is 41.5 Å². The van der Waals surface area contributed by atoms with Crippen molar-refractivity contribution in [3.8, 4) is 11.5 Å². The smallest absolute Gasteiger partial charge is 0.131 e. The summed E-state index contributed by atoms with van der Waals surface area (Å²) in [5, 5.41) is 13.5. The van der Waals surface area contributed by atoms with E-state index in [1.165, 1.54) is 6.07 Å². The van der Waals surface area contributed by atoms with Gasteiger partial charge in [-0.2, -0.15) is 0 Å². The number of phenols is 1. The maximum atomic E-state index is 13.9. The van der Waals surface area contributed by atoms with Crippen LogP contribution in [0.5, 0.6) is 11.5 Å². The molecule has 0 aliphatic rings. The first kappa shape index (κ1) is 18.4. The van der Waals surface area contributed by atoms with Crippen molar-refractivity contribution in [1.82, 2.24) is 0 Å². The molecule has 3 aromatic carbocycles. The molecule has 2 N–H and O–H groups in total. The number of anilines is 1. The van der Waals surface area contributed by atoms with Crippen molar-refractivity contribution < 1.29 is 14.2 Å². The zero-order valence-electron chi connectivity index (χ0n) is 13.7. The first-order chi connectivity index (χ1) is 12.5. The van der Waals surface area contributed by atoms with Crippen LogP contribution in [0.25, 0.3) is 0 Å². The van der Waals surface area contributed by atoms with Crippen molar-refractivity contribution in [2.45, 2.75) is 13.2 Å². The Labute approximate surface area is 161 Å². The molecule has 26 heavy (non-hydrogen) atoms. The molecule has 0 heterocycles. The summed E-state index contributed by atoms with van der Waals surface area (Å²) in [4.78, 5) is 0. The Balaban J connectivity index is 1.74. The molecule has 3 aromatic rings. The number of nitrogens with one attached hydrogen (secondary N) is 1. The Kier molecular flexibility index (Phi) is 5.86. The van der Waals surface area contributed by atoms with Gasteiger partial charge in [-0.1, -0.05) is 29.3 Å². The van der Waals surface area contributed by atoms with Gasteiger partial charge in [0.15, 0.2) is 0 Å². The molecule has 0 aromatic heterocycles. The molecule has 0 amide bonds. The van der Waals surface area contributed by atoms with Crippen LogP contribution in [-0.4, -0.2) is 5.11 Å². The van der Waals surface area contributed by atoms with Gasteiger partial charge in [0, 0.05) is 28.4 Å². The molecule has 0 unspecified atom stereocenters. The molecule has 6 heteroatoms. The Bertz CT molecular complexity index is 881. The predicted molar refractivity (Wildman–Crippen MR) is 103 cm³/mol. The maximum absolute atomic E-state index is 13.9. The Hall–Kier alpha value is -2.43. The predicted octanol–water partition coefficient (Wildman–Crippen LogP) is 6.03. The van der Waals surface area contributed by atoms with Crippen LogP contribution in [0.2, 0.25) is 10.0 Å². The average molecular weight is 392 g/mol. The Morgan fingerprint density at radius 1 is 1.00 bits per heavy atom. The molecule has 134 valence electrons. The lowest BCUT2D eigenvalue weighted by atomic mass is 10.2. The van der Waals surface area contributed by atoms with Crippen molar-refractivity contribution >= 4 is 28.9 Å². The third-order valence-electron chi connectivity index (χ3n) is 3.81. The molecular weight excluding hydrogens is 376 g/mol. The third kappa shape index (κ3) is 4.59. The van der Waals surface area contributed by atoms with Gasteiger partial charge < -0.3 is 15.2 Å². The van der Waals surface area contributed by atoms with Crippen LogP contribution in [0.3, 0.4) is 0 Å². The molecule has 0 bridgehead atoms. The van der Waals surface area contributed by atoms with Crippen LogP contribution in [0, 0.1) is 5.82 Å². The minimum atomic E-state index is -0.407. The summed E-state index contributed by atoms with van der Waals surface area (Å²) in [6, 6.07) is 16.5. The lowest BCUT2D eigenvalue weighted by Crippen LogP contribution is -2.05. The standard InChI is InChI=1S/C20H16Cl2FNO2/c21-14-4-9-20(26-12-17-18(22)2-1-3-19(17)23)13(10-14)11-24-15-5-7-16(25)8-6-15/h1-10,24-25H,11-12H2. The van der Waals surface area contributed by atoms with E-state index in [4.69, 9.17) is 27.9 Å². The fraction of sp³-hybridized carbons (Fsp3) is 0.100. The van der Waals surface area contributed by atoms with Crippen molar-refractivity contribution in [2.24, 2.45) is 0 Å². The van der Waals surface area contributed by atoms with Crippen LogP contribution in [0.4, 0.5) is 10.1 Å². The molecule has 0 atom stereocenters. The van der Waals surface area contributed by atoms with Crippen LogP contribution in [0.15, 0.2) is 60.7 Å². The highest BCUT2D eigenvalue weighted by atomic mass is 35.5. The van der Waals surface area contributed by atoms with E-state index in [0.717, 1.165) is 11.3 Å². The molecule has 0 radical (unpaired) electrons. The van der Waals surface area contributed by atoms with E-state index in [0.29, 0.717) is 27.9 Å². The van der Waals surface area contributed by atoms with Crippen molar-refractivity contribution in [3.05, 3.63) is 87.7 Å². The summed E-state index contributed by atoms with van der Waals surface area (Å²) >= 11 is 12.1. The highest BCUT2D eigenvalue weighted by molar-refractivity contribution is 6.31.